The van der Waals surface area contributed by atoms with E-state index in [1.54, 1.807) is 12.1 Å². The summed E-state index contributed by atoms with van der Waals surface area (Å²) in [4.78, 5) is 33.3. The van der Waals surface area contributed by atoms with Crippen molar-refractivity contribution in [3.8, 4) is 17.3 Å². The molecule has 0 aliphatic rings. The fourth-order valence-corrected chi connectivity index (χ4v) is 2.55. The van der Waals surface area contributed by atoms with Gasteiger partial charge in [-0.05, 0) is 24.3 Å². The van der Waals surface area contributed by atoms with Crippen LogP contribution in [0.2, 0.25) is 0 Å². The van der Waals surface area contributed by atoms with Gasteiger partial charge in [-0.2, -0.15) is 4.98 Å². The van der Waals surface area contributed by atoms with Crippen LogP contribution >= 0.6 is 0 Å². The molecule has 1 aromatic carbocycles. The second kappa shape index (κ2) is 7.84. The smallest absolute Gasteiger partial charge is 0.337 e. The molecule has 2 heterocycles. The molecule has 0 saturated carbocycles. The molecule has 0 aliphatic carbocycles. The van der Waals surface area contributed by atoms with E-state index in [1.165, 1.54) is 42.4 Å². The number of pyridine rings is 1. The molecular formula is C18H17N5O5. The molecule has 2 aromatic heterocycles. The summed E-state index contributed by atoms with van der Waals surface area (Å²) >= 11 is 0. The summed E-state index contributed by atoms with van der Waals surface area (Å²) in [5.41, 5.74) is 6.58. The lowest BCUT2D eigenvalue weighted by atomic mass is 10.1. The van der Waals surface area contributed by atoms with Crippen LogP contribution in [0.15, 0.2) is 47.1 Å². The number of aromatic nitrogens is 3. The lowest BCUT2D eigenvalue weighted by molar-refractivity contribution is -0.119. The topological polar surface area (TPSA) is 156 Å². The first-order valence-corrected chi connectivity index (χ1v) is 8.20. The number of hydrogen-bond donors (Lipinski definition) is 3. The van der Waals surface area contributed by atoms with Gasteiger partial charge in [0, 0.05) is 7.05 Å². The summed E-state index contributed by atoms with van der Waals surface area (Å²) in [5.74, 6) is -1.32. The van der Waals surface area contributed by atoms with Crippen LogP contribution in [0.5, 0.6) is 5.75 Å². The van der Waals surface area contributed by atoms with Gasteiger partial charge in [0.2, 0.25) is 17.6 Å². The van der Waals surface area contributed by atoms with Crippen LogP contribution in [0.25, 0.3) is 11.5 Å². The van der Waals surface area contributed by atoms with Crippen molar-refractivity contribution in [3.63, 3.8) is 0 Å². The second-order valence-corrected chi connectivity index (χ2v) is 5.94. The summed E-state index contributed by atoms with van der Waals surface area (Å²) in [6.45, 7) is 0. The fraction of sp³-hybridized carbons (Fsp3) is 0.167. The highest BCUT2D eigenvalue weighted by atomic mass is 16.5. The number of aromatic carboxylic acids is 1. The van der Waals surface area contributed by atoms with Crippen LogP contribution in [-0.4, -0.2) is 50.3 Å². The van der Waals surface area contributed by atoms with Crippen molar-refractivity contribution in [1.82, 2.24) is 15.1 Å². The zero-order valence-electron chi connectivity index (χ0n) is 14.8. The number of carbonyl (C=O) groups is 2. The van der Waals surface area contributed by atoms with Gasteiger partial charge in [0.1, 0.15) is 11.4 Å². The Kier molecular flexibility index (Phi) is 5.32. The van der Waals surface area contributed by atoms with Crippen LogP contribution < -0.4 is 10.6 Å². The average Bonchev–Trinajstić information content (AvgIpc) is 3.15. The zero-order valence-corrected chi connectivity index (χ0v) is 14.8. The van der Waals surface area contributed by atoms with Gasteiger partial charge in [0.15, 0.2) is 0 Å². The van der Waals surface area contributed by atoms with E-state index in [0.717, 1.165) is 0 Å². The SMILES string of the molecule is CN(C(=O)C(N)Cc1nc(-c2ccc(O)cn2)no1)c1ccccc1C(=O)O. The Hall–Kier alpha value is -3.79. The minimum absolute atomic E-state index is 0.00441. The molecule has 0 aliphatic heterocycles. The van der Waals surface area contributed by atoms with E-state index in [1.807, 2.05) is 0 Å². The van der Waals surface area contributed by atoms with Crippen molar-refractivity contribution in [2.24, 2.45) is 5.73 Å². The van der Waals surface area contributed by atoms with Crippen molar-refractivity contribution in [2.45, 2.75) is 12.5 Å². The monoisotopic (exact) mass is 383 g/mol. The number of aromatic hydroxyl groups is 1. The predicted octanol–water partition coefficient (Wildman–Crippen LogP) is 1.07. The van der Waals surface area contributed by atoms with Crippen molar-refractivity contribution in [3.05, 3.63) is 54.0 Å². The molecule has 0 saturated heterocycles. The molecule has 0 spiro atoms. The van der Waals surface area contributed by atoms with E-state index < -0.39 is 17.9 Å². The van der Waals surface area contributed by atoms with E-state index >= 15 is 0 Å². The number of para-hydroxylation sites is 1. The Morgan fingerprint density at radius 2 is 2.00 bits per heavy atom. The summed E-state index contributed by atoms with van der Waals surface area (Å²) < 4.78 is 5.11. The van der Waals surface area contributed by atoms with E-state index in [9.17, 15) is 19.8 Å². The zero-order chi connectivity index (χ0) is 20.3. The largest absolute Gasteiger partial charge is 0.506 e. The number of benzene rings is 1. The van der Waals surface area contributed by atoms with Crippen LogP contribution in [0.3, 0.4) is 0 Å². The third kappa shape index (κ3) is 3.96. The molecule has 144 valence electrons. The molecule has 0 radical (unpaired) electrons. The third-order valence-electron chi connectivity index (χ3n) is 3.98. The van der Waals surface area contributed by atoms with Gasteiger partial charge in [-0.3, -0.25) is 4.79 Å². The summed E-state index contributed by atoms with van der Waals surface area (Å²) in [6, 6.07) is 8.06. The van der Waals surface area contributed by atoms with Crippen LogP contribution in [-0.2, 0) is 11.2 Å². The molecule has 1 atom stereocenters. The minimum Gasteiger partial charge on any atom is -0.506 e. The quantitative estimate of drug-likeness (QED) is 0.566. The Labute approximate surface area is 159 Å². The van der Waals surface area contributed by atoms with Gasteiger partial charge in [-0.1, -0.05) is 17.3 Å². The highest BCUT2D eigenvalue weighted by molar-refractivity contribution is 6.03. The molecule has 3 rings (SSSR count). The maximum Gasteiger partial charge on any atom is 0.337 e. The molecule has 0 fully saturated rings. The Bertz CT molecular complexity index is 1000. The molecule has 1 unspecified atom stereocenters. The standard InChI is InChI=1S/C18H17N5O5/c1-23(14-5-3-2-4-11(14)18(26)27)17(25)12(19)8-15-21-16(22-28-15)13-7-6-10(24)9-20-13/h2-7,9,12,24H,8,19H2,1H3,(H,26,27). The summed E-state index contributed by atoms with van der Waals surface area (Å²) in [6.07, 6.45) is 1.21. The number of nitrogens with two attached hydrogens (primary N) is 1. The van der Waals surface area contributed by atoms with Gasteiger partial charge in [0.25, 0.3) is 0 Å². The maximum atomic E-state index is 12.6. The normalized spacial score (nSPS) is 11.8. The van der Waals surface area contributed by atoms with E-state index in [4.69, 9.17) is 10.3 Å². The summed E-state index contributed by atoms with van der Waals surface area (Å²) in [7, 11) is 1.45. The highest BCUT2D eigenvalue weighted by Gasteiger charge is 2.25. The number of carboxylic acid groups (broad SMARTS) is 1. The van der Waals surface area contributed by atoms with Crippen LogP contribution in [0.1, 0.15) is 16.2 Å². The molecule has 10 nitrogen and oxygen atoms in total. The maximum absolute atomic E-state index is 12.6. The number of carbonyl (C=O) groups excluding carboxylic acids is 1. The first-order valence-electron chi connectivity index (χ1n) is 8.20. The number of rotatable bonds is 6. The van der Waals surface area contributed by atoms with Gasteiger partial charge in [-0.15, -0.1) is 0 Å². The van der Waals surface area contributed by atoms with Crippen molar-refractivity contribution >= 4 is 17.6 Å². The Morgan fingerprint density at radius 1 is 1.25 bits per heavy atom. The van der Waals surface area contributed by atoms with Crippen molar-refractivity contribution in [1.29, 1.82) is 0 Å². The van der Waals surface area contributed by atoms with E-state index in [2.05, 4.69) is 15.1 Å². The van der Waals surface area contributed by atoms with E-state index in [-0.39, 0.29) is 35.1 Å². The highest BCUT2D eigenvalue weighted by Crippen LogP contribution is 2.21. The number of hydrogen-bond acceptors (Lipinski definition) is 8. The number of likely N-dealkylation sites (N-methyl/N-ethyl adjacent to an activating group) is 1. The Morgan fingerprint density at radius 3 is 2.68 bits per heavy atom. The van der Waals surface area contributed by atoms with Crippen molar-refractivity contribution < 1.29 is 24.3 Å². The minimum atomic E-state index is -1.15. The summed E-state index contributed by atoms with van der Waals surface area (Å²) in [5, 5.41) is 22.3. The third-order valence-corrected chi connectivity index (χ3v) is 3.98. The average molecular weight is 383 g/mol. The molecule has 0 bridgehead atoms. The fourth-order valence-electron chi connectivity index (χ4n) is 2.55. The van der Waals surface area contributed by atoms with Gasteiger partial charge in [0.05, 0.1) is 29.9 Å². The van der Waals surface area contributed by atoms with Gasteiger partial charge in [-0.25, -0.2) is 9.78 Å². The number of nitrogens with zero attached hydrogens (tertiary/aromatic N) is 4. The molecule has 3 aromatic rings. The number of amides is 1. The number of carboxylic acids is 1. The molecule has 1 amide bonds. The van der Waals surface area contributed by atoms with E-state index in [0.29, 0.717) is 5.69 Å². The molecule has 10 heteroatoms. The lowest BCUT2D eigenvalue weighted by Crippen LogP contribution is -2.43. The predicted molar refractivity (Wildman–Crippen MR) is 97.7 cm³/mol. The first kappa shape index (κ1) is 19.0. The van der Waals surface area contributed by atoms with Crippen molar-refractivity contribution in [2.75, 3.05) is 11.9 Å². The first-order chi connectivity index (χ1) is 13.4. The Balaban J connectivity index is 1.73. The van der Waals surface area contributed by atoms with Gasteiger partial charge < -0.3 is 25.4 Å². The number of anilines is 1. The molecule has 28 heavy (non-hydrogen) atoms. The lowest BCUT2D eigenvalue weighted by Gasteiger charge is -2.22. The molecular weight excluding hydrogens is 366 g/mol. The molecule has 4 N–H and O–H groups in total. The van der Waals surface area contributed by atoms with Crippen LogP contribution in [0, 0.1) is 0 Å². The van der Waals surface area contributed by atoms with Gasteiger partial charge >= 0.3 is 5.97 Å². The van der Waals surface area contributed by atoms with Crippen LogP contribution in [0.4, 0.5) is 5.69 Å². The second-order valence-electron chi connectivity index (χ2n) is 5.94.